The molecule has 0 spiro atoms. The highest BCUT2D eigenvalue weighted by Gasteiger charge is 2.28. The Labute approximate surface area is 177 Å². The number of likely N-dealkylation sites (tertiary alicyclic amines) is 1. The quantitative estimate of drug-likeness (QED) is 0.792. The molecule has 2 aromatic rings. The largest absolute Gasteiger partial charge is 0.489 e. The van der Waals surface area contributed by atoms with E-state index in [1.807, 2.05) is 6.07 Å². The summed E-state index contributed by atoms with van der Waals surface area (Å²) < 4.78 is 11.3. The number of anilines is 1. The van der Waals surface area contributed by atoms with Crippen LogP contribution in [0.2, 0.25) is 5.02 Å². The Bertz CT molecular complexity index is 885. The average molecular weight is 437 g/mol. The molecular formula is C19H21ClN4O4S. The Balaban J connectivity index is 1.32. The molecule has 2 aliphatic heterocycles. The van der Waals surface area contributed by atoms with Crippen molar-refractivity contribution in [2.45, 2.75) is 25.7 Å². The van der Waals surface area contributed by atoms with E-state index in [2.05, 4.69) is 15.5 Å². The first kappa shape index (κ1) is 19.9. The van der Waals surface area contributed by atoms with Crippen LogP contribution in [0.1, 0.15) is 24.8 Å². The number of ether oxygens (including phenoxy) is 2. The highest BCUT2D eigenvalue weighted by Crippen LogP contribution is 2.38. The van der Waals surface area contributed by atoms with Crippen LogP contribution in [0.5, 0.6) is 11.5 Å². The molecule has 1 saturated heterocycles. The van der Waals surface area contributed by atoms with E-state index in [0.717, 1.165) is 12.0 Å². The molecule has 154 valence electrons. The Morgan fingerprint density at radius 1 is 1.24 bits per heavy atom. The maximum absolute atomic E-state index is 12.7. The molecule has 1 fully saturated rings. The second-order valence-corrected chi connectivity index (χ2v) is 8.26. The van der Waals surface area contributed by atoms with Crippen LogP contribution in [0.25, 0.3) is 0 Å². The zero-order valence-corrected chi connectivity index (χ0v) is 17.3. The van der Waals surface area contributed by atoms with E-state index in [1.165, 1.54) is 11.3 Å². The van der Waals surface area contributed by atoms with E-state index < -0.39 is 0 Å². The highest BCUT2D eigenvalue weighted by atomic mass is 35.5. The van der Waals surface area contributed by atoms with Crippen molar-refractivity contribution in [2.75, 3.05) is 31.6 Å². The monoisotopic (exact) mass is 436 g/mol. The van der Waals surface area contributed by atoms with Crippen molar-refractivity contribution in [1.29, 1.82) is 0 Å². The zero-order chi connectivity index (χ0) is 20.2. The third-order valence-corrected chi connectivity index (χ3v) is 5.91. The predicted octanol–water partition coefficient (Wildman–Crippen LogP) is 2.77. The van der Waals surface area contributed by atoms with E-state index in [4.69, 9.17) is 21.1 Å². The summed E-state index contributed by atoms with van der Waals surface area (Å²) >= 11 is 7.60. The van der Waals surface area contributed by atoms with Crippen molar-refractivity contribution in [3.8, 4) is 11.5 Å². The normalized spacial score (nSPS) is 16.9. The van der Waals surface area contributed by atoms with Crippen LogP contribution in [-0.2, 0) is 16.0 Å². The lowest BCUT2D eigenvalue weighted by Crippen LogP contribution is -2.42. The Kier molecular flexibility index (Phi) is 6.15. The second kappa shape index (κ2) is 8.96. The minimum atomic E-state index is -0.129. The molecule has 0 saturated carbocycles. The van der Waals surface area contributed by atoms with Crippen LogP contribution in [-0.4, -0.2) is 53.2 Å². The molecule has 29 heavy (non-hydrogen) atoms. The van der Waals surface area contributed by atoms with E-state index in [-0.39, 0.29) is 24.2 Å². The van der Waals surface area contributed by atoms with Gasteiger partial charge in [-0.2, -0.15) is 0 Å². The van der Waals surface area contributed by atoms with E-state index >= 15 is 0 Å². The van der Waals surface area contributed by atoms with Gasteiger partial charge in [-0.05, 0) is 30.5 Å². The number of amides is 2. The van der Waals surface area contributed by atoms with Crippen LogP contribution in [0.4, 0.5) is 5.13 Å². The van der Waals surface area contributed by atoms with Crippen LogP contribution >= 0.6 is 22.9 Å². The van der Waals surface area contributed by atoms with Gasteiger partial charge in [0.1, 0.15) is 5.51 Å². The lowest BCUT2D eigenvalue weighted by atomic mass is 9.95. The molecule has 10 heteroatoms. The van der Waals surface area contributed by atoms with Gasteiger partial charge in [0.2, 0.25) is 16.9 Å². The van der Waals surface area contributed by atoms with E-state index in [0.29, 0.717) is 60.8 Å². The van der Waals surface area contributed by atoms with Crippen LogP contribution in [0, 0.1) is 5.92 Å². The number of carbonyl (C=O) groups is 2. The van der Waals surface area contributed by atoms with E-state index in [1.54, 1.807) is 16.5 Å². The van der Waals surface area contributed by atoms with Gasteiger partial charge >= 0.3 is 0 Å². The maximum Gasteiger partial charge on any atom is 0.229 e. The molecule has 1 N–H and O–H groups in total. The highest BCUT2D eigenvalue weighted by molar-refractivity contribution is 7.13. The first-order chi connectivity index (χ1) is 14.1. The number of aromatic nitrogens is 2. The van der Waals surface area contributed by atoms with Gasteiger partial charge in [-0.1, -0.05) is 22.9 Å². The number of hydrogen-bond acceptors (Lipinski definition) is 7. The first-order valence-electron chi connectivity index (χ1n) is 9.53. The molecule has 4 rings (SSSR count). The predicted molar refractivity (Wildman–Crippen MR) is 109 cm³/mol. The molecule has 3 heterocycles. The minimum Gasteiger partial charge on any atom is -0.489 e. The molecule has 0 radical (unpaired) electrons. The lowest BCUT2D eigenvalue weighted by molar-refractivity contribution is -0.133. The number of piperidine rings is 1. The Morgan fingerprint density at radius 2 is 2.03 bits per heavy atom. The molecule has 2 amide bonds. The molecule has 1 aromatic heterocycles. The lowest BCUT2D eigenvalue weighted by Gasteiger charge is -2.31. The van der Waals surface area contributed by atoms with Crippen molar-refractivity contribution in [1.82, 2.24) is 15.1 Å². The maximum atomic E-state index is 12.7. The van der Waals surface area contributed by atoms with Crippen LogP contribution < -0.4 is 14.8 Å². The molecule has 0 atom stereocenters. The summed E-state index contributed by atoms with van der Waals surface area (Å²) in [6.45, 7) is 2.22. The van der Waals surface area contributed by atoms with Crippen LogP contribution in [0.15, 0.2) is 17.6 Å². The van der Waals surface area contributed by atoms with Gasteiger partial charge in [0.25, 0.3) is 0 Å². The summed E-state index contributed by atoms with van der Waals surface area (Å²) in [5.41, 5.74) is 2.36. The molecular weight excluding hydrogens is 416 g/mol. The third kappa shape index (κ3) is 4.79. The summed E-state index contributed by atoms with van der Waals surface area (Å²) in [5, 5.41) is 11.3. The number of nitrogens with zero attached hydrogens (tertiary/aromatic N) is 3. The fourth-order valence-electron chi connectivity index (χ4n) is 3.50. The number of halogens is 1. The Morgan fingerprint density at radius 3 is 2.79 bits per heavy atom. The Hall–Kier alpha value is -2.39. The zero-order valence-electron chi connectivity index (χ0n) is 15.7. The van der Waals surface area contributed by atoms with Crippen molar-refractivity contribution in [3.63, 3.8) is 0 Å². The average Bonchev–Trinajstić information content (AvgIpc) is 3.10. The summed E-state index contributed by atoms with van der Waals surface area (Å²) in [6.07, 6.45) is 2.27. The second-order valence-electron chi connectivity index (χ2n) is 7.02. The standard InChI is InChI=1S/C19H21ClN4O4S/c20-14-8-12(9-15-17(14)28-7-1-6-27-15)10-16(25)24-4-2-13(3-5-24)18(26)22-19-23-21-11-29-19/h8-9,11,13H,1-7,10H2,(H,22,23,26). The number of nitrogens with one attached hydrogen (secondary N) is 1. The summed E-state index contributed by atoms with van der Waals surface area (Å²) in [4.78, 5) is 26.9. The van der Waals surface area contributed by atoms with Gasteiger partial charge in [-0.25, -0.2) is 0 Å². The fraction of sp³-hybridized carbons (Fsp3) is 0.474. The molecule has 0 unspecified atom stereocenters. The third-order valence-electron chi connectivity index (χ3n) is 5.03. The van der Waals surface area contributed by atoms with E-state index in [9.17, 15) is 9.59 Å². The topological polar surface area (TPSA) is 93.7 Å². The summed E-state index contributed by atoms with van der Waals surface area (Å²) in [6, 6.07) is 3.59. The van der Waals surface area contributed by atoms with Gasteiger partial charge < -0.3 is 19.7 Å². The SMILES string of the molecule is O=C(Nc1nncs1)C1CCN(C(=O)Cc2cc(Cl)c3c(c2)OCCCO3)CC1. The smallest absolute Gasteiger partial charge is 0.229 e. The van der Waals surface area contributed by atoms with Gasteiger partial charge in [-0.15, -0.1) is 10.2 Å². The van der Waals surface area contributed by atoms with Crippen LogP contribution in [0.3, 0.4) is 0 Å². The summed E-state index contributed by atoms with van der Waals surface area (Å²) in [7, 11) is 0. The minimum absolute atomic E-state index is 0.0125. The fourth-order valence-corrected chi connectivity index (χ4v) is 4.23. The van der Waals surface area contributed by atoms with Gasteiger partial charge in [0, 0.05) is 25.4 Å². The van der Waals surface area contributed by atoms with Crippen molar-refractivity contribution in [3.05, 3.63) is 28.2 Å². The molecule has 0 bridgehead atoms. The van der Waals surface area contributed by atoms with Crippen molar-refractivity contribution >= 4 is 39.9 Å². The van der Waals surface area contributed by atoms with Gasteiger partial charge in [0.15, 0.2) is 11.5 Å². The van der Waals surface area contributed by atoms with Gasteiger partial charge in [0.05, 0.1) is 24.7 Å². The van der Waals surface area contributed by atoms with Gasteiger partial charge in [-0.3, -0.25) is 9.59 Å². The molecule has 0 aliphatic carbocycles. The number of carbonyl (C=O) groups excluding carboxylic acids is 2. The number of benzene rings is 1. The number of rotatable bonds is 4. The van der Waals surface area contributed by atoms with Crippen molar-refractivity contribution < 1.29 is 19.1 Å². The first-order valence-corrected chi connectivity index (χ1v) is 10.8. The number of hydrogen-bond donors (Lipinski definition) is 1. The molecule has 8 nitrogen and oxygen atoms in total. The molecule has 1 aromatic carbocycles. The molecule has 2 aliphatic rings. The summed E-state index contributed by atoms with van der Waals surface area (Å²) in [5.74, 6) is 0.949. The number of fused-ring (bicyclic) bond motifs is 1. The van der Waals surface area contributed by atoms with Crippen molar-refractivity contribution in [2.24, 2.45) is 5.92 Å².